The fourth-order valence-corrected chi connectivity index (χ4v) is 1.92. The van der Waals surface area contributed by atoms with Crippen LogP contribution in [0.15, 0.2) is 53.0 Å². The van der Waals surface area contributed by atoms with Gasteiger partial charge in [0.2, 0.25) is 5.91 Å². The van der Waals surface area contributed by atoms with Gasteiger partial charge in [0.15, 0.2) is 0 Å². The minimum atomic E-state index is -0.110. The highest BCUT2D eigenvalue weighted by Gasteiger charge is 2.03. The van der Waals surface area contributed by atoms with Gasteiger partial charge in [-0.15, -0.1) is 0 Å². The fraction of sp³-hybridized carbons (Fsp3) is 0.133. The summed E-state index contributed by atoms with van der Waals surface area (Å²) in [5.41, 5.74) is 1.61. The van der Waals surface area contributed by atoms with Crippen molar-refractivity contribution in [1.29, 1.82) is 0 Å². The van der Waals surface area contributed by atoms with Gasteiger partial charge in [0, 0.05) is 21.9 Å². The van der Waals surface area contributed by atoms with Gasteiger partial charge in [-0.05, 0) is 36.4 Å². The largest absolute Gasteiger partial charge is 0.497 e. The van der Waals surface area contributed by atoms with Crippen molar-refractivity contribution in [1.82, 2.24) is 0 Å². The average Bonchev–Trinajstić information content (AvgIpc) is 2.47. The van der Waals surface area contributed by atoms with E-state index in [1.165, 1.54) is 0 Å². The average molecular weight is 335 g/mol. The highest BCUT2D eigenvalue weighted by Crippen LogP contribution is 2.17. The van der Waals surface area contributed by atoms with E-state index in [1.807, 2.05) is 42.5 Å². The van der Waals surface area contributed by atoms with Crippen LogP contribution in [0.3, 0.4) is 0 Å². The predicted octanol–water partition coefficient (Wildman–Crippen LogP) is 3.51. The van der Waals surface area contributed by atoms with E-state index < -0.39 is 0 Å². The van der Waals surface area contributed by atoms with Crippen LogP contribution in [-0.2, 0) is 4.79 Å². The number of hydrogen-bond acceptors (Lipinski definition) is 3. The van der Waals surface area contributed by atoms with Crippen LogP contribution in [0.4, 0.5) is 11.4 Å². The third kappa shape index (κ3) is 4.28. The number of benzene rings is 2. The molecule has 5 heteroatoms. The molecule has 0 aliphatic carbocycles. The number of halogens is 1. The van der Waals surface area contributed by atoms with Gasteiger partial charge in [-0.3, -0.25) is 4.79 Å². The second kappa shape index (κ2) is 6.96. The summed E-state index contributed by atoms with van der Waals surface area (Å²) in [7, 11) is 1.59. The molecule has 2 N–H and O–H groups in total. The molecule has 1 amide bonds. The monoisotopic (exact) mass is 334 g/mol. The summed E-state index contributed by atoms with van der Waals surface area (Å²) in [6, 6.07) is 14.9. The van der Waals surface area contributed by atoms with Crippen molar-refractivity contribution in [3.05, 3.63) is 53.0 Å². The summed E-state index contributed by atoms with van der Waals surface area (Å²) in [5, 5.41) is 5.86. The lowest BCUT2D eigenvalue weighted by molar-refractivity contribution is -0.114. The molecule has 104 valence electrons. The normalized spacial score (nSPS) is 9.90. The Balaban J connectivity index is 1.87. The molecule has 0 aliphatic heterocycles. The number of carbonyl (C=O) groups is 1. The van der Waals surface area contributed by atoms with E-state index in [-0.39, 0.29) is 12.5 Å². The van der Waals surface area contributed by atoms with E-state index in [4.69, 9.17) is 4.74 Å². The summed E-state index contributed by atoms with van der Waals surface area (Å²) in [4.78, 5) is 11.8. The Bertz CT molecular complexity index is 585. The van der Waals surface area contributed by atoms with Crippen molar-refractivity contribution < 1.29 is 9.53 Å². The quantitative estimate of drug-likeness (QED) is 0.879. The lowest BCUT2D eigenvalue weighted by Gasteiger charge is -2.09. The summed E-state index contributed by atoms with van der Waals surface area (Å²) in [6.07, 6.45) is 0. The Morgan fingerprint density at radius 1 is 1.15 bits per heavy atom. The molecule has 2 aromatic carbocycles. The van der Waals surface area contributed by atoms with Crippen LogP contribution in [0.2, 0.25) is 0 Å². The molecular formula is C15H15BrN2O2. The van der Waals surface area contributed by atoms with Crippen molar-refractivity contribution in [2.75, 3.05) is 24.3 Å². The molecule has 0 saturated heterocycles. The number of anilines is 2. The Kier molecular flexibility index (Phi) is 5.01. The van der Waals surface area contributed by atoms with Crippen LogP contribution < -0.4 is 15.4 Å². The van der Waals surface area contributed by atoms with Gasteiger partial charge >= 0.3 is 0 Å². The summed E-state index contributed by atoms with van der Waals surface area (Å²) < 4.78 is 6.11. The van der Waals surface area contributed by atoms with Gasteiger partial charge in [0.1, 0.15) is 5.75 Å². The highest BCUT2D eigenvalue weighted by molar-refractivity contribution is 9.10. The topological polar surface area (TPSA) is 50.4 Å². The number of carbonyl (C=O) groups excluding carboxylic acids is 1. The zero-order chi connectivity index (χ0) is 14.4. The summed E-state index contributed by atoms with van der Waals surface area (Å²) in [5.74, 6) is 0.602. The fourth-order valence-electron chi connectivity index (χ4n) is 1.66. The molecule has 0 spiro atoms. The van der Waals surface area contributed by atoms with Gasteiger partial charge < -0.3 is 15.4 Å². The van der Waals surface area contributed by atoms with Crippen LogP contribution in [-0.4, -0.2) is 19.6 Å². The molecule has 0 unspecified atom stereocenters. The molecule has 0 aromatic heterocycles. The third-order valence-corrected chi connectivity index (χ3v) is 3.18. The van der Waals surface area contributed by atoms with Crippen LogP contribution in [0.5, 0.6) is 5.75 Å². The van der Waals surface area contributed by atoms with Crippen LogP contribution in [0, 0.1) is 0 Å². The standard InChI is InChI=1S/C15H15BrN2O2/c1-20-14-4-2-3-13(9-14)18-15(19)10-17-12-7-5-11(16)6-8-12/h2-9,17H,10H2,1H3,(H,18,19). The van der Waals surface area contributed by atoms with Crippen molar-refractivity contribution >= 4 is 33.2 Å². The third-order valence-electron chi connectivity index (χ3n) is 2.65. The Hall–Kier alpha value is -2.01. The molecule has 20 heavy (non-hydrogen) atoms. The van der Waals surface area contributed by atoms with E-state index >= 15 is 0 Å². The Morgan fingerprint density at radius 3 is 2.60 bits per heavy atom. The van der Waals surface area contributed by atoms with Crippen molar-refractivity contribution in [3.63, 3.8) is 0 Å². The van der Waals surface area contributed by atoms with E-state index in [9.17, 15) is 4.79 Å². The molecular weight excluding hydrogens is 320 g/mol. The predicted molar refractivity (Wildman–Crippen MR) is 84.3 cm³/mol. The Morgan fingerprint density at radius 2 is 1.90 bits per heavy atom. The molecule has 0 aliphatic rings. The molecule has 0 atom stereocenters. The van der Waals surface area contributed by atoms with Crippen molar-refractivity contribution in [2.24, 2.45) is 0 Å². The first-order valence-corrected chi connectivity index (χ1v) is 6.90. The molecule has 4 nitrogen and oxygen atoms in total. The van der Waals surface area contributed by atoms with Crippen LogP contribution >= 0.6 is 15.9 Å². The van der Waals surface area contributed by atoms with Gasteiger partial charge in [-0.2, -0.15) is 0 Å². The molecule has 0 heterocycles. The zero-order valence-electron chi connectivity index (χ0n) is 11.0. The van der Waals surface area contributed by atoms with Gasteiger partial charge in [-0.25, -0.2) is 0 Å². The SMILES string of the molecule is COc1cccc(NC(=O)CNc2ccc(Br)cc2)c1. The van der Waals surface area contributed by atoms with E-state index in [2.05, 4.69) is 26.6 Å². The Labute approximate surface area is 126 Å². The molecule has 0 radical (unpaired) electrons. The maximum absolute atomic E-state index is 11.8. The minimum Gasteiger partial charge on any atom is -0.497 e. The number of methoxy groups -OCH3 is 1. The van der Waals surface area contributed by atoms with Gasteiger partial charge in [0.05, 0.1) is 13.7 Å². The first-order chi connectivity index (χ1) is 9.67. The molecule has 2 rings (SSSR count). The van der Waals surface area contributed by atoms with Gasteiger partial charge in [0.25, 0.3) is 0 Å². The van der Waals surface area contributed by atoms with Gasteiger partial charge in [-0.1, -0.05) is 22.0 Å². The van der Waals surface area contributed by atoms with E-state index in [1.54, 1.807) is 13.2 Å². The number of nitrogens with one attached hydrogen (secondary N) is 2. The van der Waals surface area contributed by atoms with Crippen LogP contribution in [0.1, 0.15) is 0 Å². The highest BCUT2D eigenvalue weighted by atomic mass is 79.9. The number of rotatable bonds is 5. The molecule has 0 fully saturated rings. The minimum absolute atomic E-state index is 0.110. The number of hydrogen-bond donors (Lipinski definition) is 2. The van der Waals surface area contributed by atoms with Crippen LogP contribution in [0.25, 0.3) is 0 Å². The summed E-state index contributed by atoms with van der Waals surface area (Å²) >= 11 is 3.36. The molecule has 2 aromatic rings. The maximum atomic E-state index is 11.8. The van der Waals surface area contributed by atoms with Crippen molar-refractivity contribution in [2.45, 2.75) is 0 Å². The van der Waals surface area contributed by atoms with Crippen molar-refractivity contribution in [3.8, 4) is 5.75 Å². The molecule has 0 bridgehead atoms. The first kappa shape index (κ1) is 14.4. The summed E-state index contributed by atoms with van der Waals surface area (Å²) in [6.45, 7) is 0.207. The molecule has 0 saturated carbocycles. The zero-order valence-corrected chi connectivity index (χ0v) is 12.6. The first-order valence-electron chi connectivity index (χ1n) is 6.11. The lowest BCUT2D eigenvalue weighted by atomic mass is 10.3. The second-order valence-corrected chi connectivity index (χ2v) is 5.06. The number of amides is 1. The maximum Gasteiger partial charge on any atom is 0.243 e. The van der Waals surface area contributed by atoms with E-state index in [0.29, 0.717) is 11.4 Å². The second-order valence-electron chi connectivity index (χ2n) is 4.14. The number of ether oxygens (including phenoxy) is 1. The lowest BCUT2D eigenvalue weighted by Crippen LogP contribution is -2.21. The smallest absolute Gasteiger partial charge is 0.243 e. The van der Waals surface area contributed by atoms with E-state index in [0.717, 1.165) is 10.2 Å².